The predicted molar refractivity (Wildman–Crippen MR) is 111 cm³/mol. The van der Waals surface area contributed by atoms with Crippen LogP contribution in [0.1, 0.15) is 51.0 Å². The number of carbonyl (C=O) groups excluding carboxylic acids is 2. The van der Waals surface area contributed by atoms with Gasteiger partial charge >= 0.3 is 5.97 Å². The first kappa shape index (κ1) is 20.5. The van der Waals surface area contributed by atoms with E-state index >= 15 is 0 Å². The Kier molecular flexibility index (Phi) is 5.55. The van der Waals surface area contributed by atoms with E-state index in [4.69, 9.17) is 9.47 Å². The summed E-state index contributed by atoms with van der Waals surface area (Å²) in [4.78, 5) is 25.3. The maximum Gasteiger partial charge on any atom is 0.349 e. The average Bonchev–Trinajstić information content (AvgIpc) is 2.70. The molecule has 5 rings (SSSR count). The number of rotatable bonds is 6. The van der Waals surface area contributed by atoms with Crippen LogP contribution in [0.4, 0.5) is 0 Å². The van der Waals surface area contributed by atoms with Crippen molar-refractivity contribution >= 4 is 18.0 Å². The summed E-state index contributed by atoms with van der Waals surface area (Å²) in [6.45, 7) is 1.57. The van der Waals surface area contributed by atoms with Crippen molar-refractivity contribution in [2.24, 2.45) is 17.8 Å². The summed E-state index contributed by atoms with van der Waals surface area (Å²) in [6, 6.07) is 8.85. The second-order valence-electron chi connectivity index (χ2n) is 9.18. The third-order valence-corrected chi connectivity index (χ3v) is 6.85. The molecule has 0 heterocycles. The number of benzene rings is 1. The van der Waals surface area contributed by atoms with E-state index in [0.29, 0.717) is 29.1 Å². The lowest BCUT2D eigenvalue weighted by Gasteiger charge is -2.57. The van der Waals surface area contributed by atoms with E-state index in [1.165, 1.54) is 25.3 Å². The molecule has 4 aliphatic carbocycles. The van der Waals surface area contributed by atoms with Gasteiger partial charge in [-0.2, -0.15) is 5.26 Å². The molecule has 1 aromatic rings. The summed E-state index contributed by atoms with van der Waals surface area (Å²) >= 11 is 0. The minimum Gasteiger partial charge on any atom is -0.497 e. The van der Waals surface area contributed by atoms with Gasteiger partial charge in [0.25, 0.3) is 5.91 Å². The highest BCUT2D eigenvalue weighted by Crippen LogP contribution is 2.55. The van der Waals surface area contributed by atoms with E-state index in [2.05, 4.69) is 5.32 Å². The second-order valence-corrected chi connectivity index (χ2v) is 9.18. The van der Waals surface area contributed by atoms with Gasteiger partial charge in [0, 0.05) is 5.54 Å². The Morgan fingerprint density at radius 3 is 2.20 bits per heavy atom. The minimum atomic E-state index is -0.946. The molecule has 0 radical (unpaired) electrons. The predicted octanol–water partition coefficient (Wildman–Crippen LogP) is 3.62. The molecule has 0 spiro atoms. The van der Waals surface area contributed by atoms with Gasteiger partial charge in [0.15, 0.2) is 6.10 Å². The zero-order valence-corrected chi connectivity index (χ0v) is 17.5. The van der Waals surface area contributed by atoms with Crippen LogP contribution in [0.5, 0.6) is 5.75 Å². The average molecular weight is 408 g/mol. The Morgan fingerprint density at radius 2 is 1.70 bits per heavy atom. The van der Waals surface area contributed by atoms with Crippen molar-refractivity contribution in [2.75, 3.05) is 7.11 Å². The first-order chi connectivity index (χ1) is 14.4. The normalized spacial score (nSPS) is 30.3. The number of esters is 1. The van der Waals surface area contributed by atoms with Crippen molar-refractivity contribution in [1.82, 2.24) is 5.32 Å². The molecule has 4 aliphatic rings. The van der Waals surface area contributed by atoms with Crippen LogP contribution in [-0.4, -0.2) is 30.6 Å². The van der Waals surface area contributed by atoms with Gasteiger partial charge in [-0.1, -0.05) is 12.1 Å². The molecule has 0 unspecified atom stereocenters. The molecule has 0 aliphatic heterocycles. The zero-order chi connectivity index (χ0) is 21.3. The van der Waals surface area contributed by atoms with E-state index in [9.17, 15) is 14.9 Å². The van der Waals surface area contributed by atoms with Gasteiger partial charge in [0.1, 0.15) is 17.4 Å². The van der Waals surface area contributed by atoms with E-state index < -0.39 is 12.1 Å². The number of hydrogen-bond donors (Lipinski definition) is 1. The van der Waals surface area contributed by atoms with Crippen LogP contribution in [0.2, 0.25) is 0 Å². The molecule has 0 aromatic heterocycles. The van der Waals surface area contributed by atoms with Crippen LogP contribution in [0.25, 0.3) is 6.08 Å². The lowest BCUT2D eigenvalue weighted by molar-refractivity contribution is -0.153. The first-order valence-corrected chi connectivity index (χ1v) is 10.7. The van der Waals surface area contributed by atoms with Crippen molar-refractivity contribution in [1.29, 1.82) is 5.26 Å². The molecule has 4 bridgehead atoms. The molecule has 1 atom stereocenters. The van der Waals surface area contributed by atoms with Gasteiger partial charge in [-0.25, -0.2) is 4.79 Å². The van der Waals surface area contributed by atoms with Crippen molar-refractivity contribution in [3.63, 3.8) is 0 Å². The van der Waals surface area contributed by atoms with Crippen LogP contribution < -0.4 is 10.1 Å². The lowest BCUT2D eigenvalue weighted by Crippen LogP contribution is -2.61. The highest BCUT2D eigenvalue weighted by molar-refractivity contribution is 5.99. The monoisotopic (exact) mass is 408 g/mol. The Morgan fingerprint density at radius 1 is 1.13 bits per heavy atom. The van der Waals surface area contributed by atoms with Crippen molar-refractivity contribution in [2.45, 2.75) is 57.1 Å². The fourth-order valence-electron chi connectivity index (χ4n) is 5.91. The molecule has 1 aromatic carbocycles. The number of methoxy groups -OCH3 is 1. The molecular formula is C24H28N2O4. The summed E-state index contributed by atoms with van der Waals surface area (Å²) in [5.41, 5.74) is 0.397. The van der Waals surface area contributed by atoms with Crippen LogP contribution in [0.3, 0.4) is 0 Å². The van der Waals surface area contributed by atoms with Crippen molar-refractivity contribution < 1.29 is 19.1 Å². The van der Waals surface area contributed by atoms with Gasteiger partial charge in [-0.3, -0.25) is 4.79 Å². The highest BCUT2D eigenvalue weighted by atomic mass is 16.5. The van der Waals surface area contributed by atoms with Gasteiger partial charge in [0.2, 0.25) is 0 Å². The van der Waals surface area contributed by atoms with E-state index in [1.807, 2.05) is 6.07 Å². The van der Waals surface area contributed by atoms with E-state index in [1.54, 1.807) is 38.3 Å². The minimum absolute atomic E-state index is 0.135. The van der Waals surface area contributed by atoms with Gasteiger partial charge in [0.05, 0.1) is 7.11 Å². The van der Waals surface area contributed by atoms with E-state index in [0.717, 1.165) is 19.3 Å². The van der Waals surface area contributed by atoms with E-state index in [-0.39, 0.29) is 17.0 Å². The second kappa shape index (κ2) is 8.14. The Hall–Kier alpha value is -2.81. The number of hydrogen-bond acceptors (Lipinski definition) is 5. The largest absolute Gasteiger partial charge is 0.497 e. The molecule has 6 nitrogen and oxygen atoms in total. The maximum atomic E-state index is 12.8. The summed E-state index contributed by atoms with van der Waals surface area (Å²) < 4.78 is 10.4. The fourth-order valence-corrected chi connectivity index (χ4v) is 5.91. The molecule has 158 valence electrons. The Bertz CT molecular complexity index is 861. The molecule has 4 saturated carbocycles. The summed E-state index contributed by atoms with van der Waals surface area (Å²) in [7, 11) is 1.57. The Balaban J connectivity index is 1.38. The quantitative estimate of drug-likeness (QED) is 0.441. The topological polar surface area (TPSA) is 88.4 Å². The molecular weight excluding hydrogens is 380 g/mol. The number of nitrogens with zero attached hydrogens (tertiary/aromatic N) is 1. The molecule has 30 heavy (non-hydrogen) atoms. The van der Waals surface area contributed by atoms with Crippen LogP contribution in [0.15, 0.2) is 29.8 Å². The molecule has 1 amide bonds. The smallest absolute Gasteiger partial charge is 0.349 e. The number of ether oxygens (including phenoxy) is 2. The van der Waals surface area contributed by atoms with Crippen molar-refractivity contribution in [3.05, 3.63) is 35.4 Å². The first-order valence-electron chi connectivity index (χ1n) is 10.7. The van der Waals surface area contributed by atoms with Gasteiger partial charge in [-0.15, -0.1) is 0 Å². The molecule has 0 saturated heterocycles. The SMILES string of the molecule is COc1ccc(/C=C(\C#N)C(=O)O[C@@H](C)C(=O)NC23CC4CC(CC(C4)C2)C3)cc1. The zero-order valence-electron chi connectivity index (χ0n) is 17.5. The highest BCUT2D eigenvalue weighted by Gasteiger charge is 2.51. The molecule has 4 fully saturated rings. The summed E-state index contributed by atoms with van der Waals surface area (Å²) in [5, 5.41) is 12.6. The van der Waals surface area contributed by atoms with Crippen molar-refractivity contribution in [3.8, 4) is 11.8 Å². The lowest BCUT2D eigenvalue weighted by atomic mass is 9.53. The van der Waals surface area contributed by atoms with Crippen LogP contribution >= 0.6 is 0 Å². The molecule has 6 heteroatoms. The third-order valence-electron chi connectivity index (χ3n) is 6.85. The van der Waals surface area contributed by atoms with Gasteiger partial charge in [-0.05, 0) is 87.0 Å². The number of amides is 1. The van der Waals surface area contributed by atoms with Gasteiger partial charge < -0.3 is 14.8 Å². The van der Waals surface area contributed by atoms with Crippen LogP contribution in [-0.2, 0) is 14.3 Å². The Labute approximate surface area is 177 Å². The molecule has 1 N–H and O–H groups in total. The number of nitriles is 1. The fraction of sp³-hybridized carbons (Fsp3) is 0.542. The summed E-state index contributed by atoms with van der Waals surface area (Å²) in [6.07, 6.45) is 7.48. The summed E-state index contributed by atoms with van der Waals surface area (Å²) in [5.74, 6) is 1.77. The van der Waals surface area contributed by atoms with Crippen LogP contribution in [0, 0.1) is 29.1 Å². The third kappa shape index (κ3) is 4.21. The standard InChI is InChI=1S/C24H28N2O4/c1-15(22(27)26-24-11-17-7-18(12-24)9-19(8-17)13-24)30-23(28)20(14-25)10-16-3-5-21(29-2)6-4-16/h3-6,10,15,17-19H,7-9,11-13H2,1-2H3,(H,26,27)/b20-10+/t15-,17?,18?,19?,24?/m0/s1. The maximum absolute atomic E-state index is 12.8. The number of nitrogens with one attached hydrogen (secondary N) is 1. The number of carbonyl (C=O) groups is 2.